The van der Waals surface area contributed by atoms with Gasteiger partial charge in [-0.05, 0) is 23.6 Å². The summed E-state index contributed by atoms with van der Waals surface area (Å²) in [7, 11) is 3.18. The van der Waals surface area contributed by atoms with Gasteiger partial charge in [-0.2, -0.15) is 0 Å². The van der Waals surface area contributed by atoms with Crippen LogP contribution in [0, 0.1) is 0 Å². The largest absolute Gasteiger partial charge is 0.496 e. The Hall–Kier alpha value is -0.260. The Labute approximate surface area is 115 Å². The highest BCUT2D eigenvalue weighted by Gasteiger charge is 2.16. The maximum atomic E-state index is 11.1. The molecule has 0 heterocycles. The van der Waals surface area contributed by atoms with Gasteiger partial charge < -0.3 is 4.74 Å². The summed E-state index contributed by atoms with van der Waals surface area (Å²) in [6, 6.07) is 3.58. The molecular weight excluding hydrogens is 328 g/mol. The minimum Gasteiger partial charge on any atom is -0.496 e. The van der Waals surface area contributed by atoms with Crippen LogP contribution in [0.15, 0.2) is 16.6 Å². The molecular formula is C11H14BrClO3S. The van der Waals surface area contributed by atoms with Crippen molar-refractivity contribution in [1.29, 1.82) is 0 Å². The molecule has 3 nitrogen and oxygen atoms in total. The van der Waals surface area contributed by atoms with Crippen LogP contribution in [-0.4, -0.2) is 15.5 Å². The second-order valence-electron chi connectivity index (χ2n) is 4.02. The van der Waals surface area contributed by atoms with Gasteiger partial charge in [0.05, 0.1) is 12.9 Å². The van der Waals surface area contributed by atoms with Crippen LogP contribution in [-0.2, 0) is 14.8 Å². The minimum atomic E-state index is -3.59. The van der Waals surface area contributed by atoms with Crippen LogP contribution in [0.1, 0.15) is 30.9 Å². The van der Waals surface area contributed by atoms with Crippen molar-refractivity contribution >= 4 is 35.7 Å². The summed E-state index contributed by atoms with van der Waals surface area (Å²) in [6.07, 6.45) is 0. The van der Waals surface area contributed by atoms with Crippen molar-refractivity contribution in [2.24, 2.45) is 0 Å². The van der Waals surface area contributed by atoms with Crippen LogP contribution in [0.25, 0.3) is 0 Å². The summed E-state index contributed by atoms with van der Waals surface area (Å²) in [4.78, 5) is 0. The van der Waals surface area contributed by atoms with E-state index in [4.69, 9.17) is 15.4 Å². The standard InChI is InChI=1S/C11H14BrClO3S/c1-7(2)9-5-11(16-3)8(4-10(9)12)6-17(13,14)15/h4-5,7H,6H2,1-3H3. The Balaban J connectivity index is 3.28. The third-order valence-corrected chi connectivity index (χ3v) is 4.02. The van der Waals surface area contributed by atoms with Gasteiger partial charge in [-0.15, -0.1) is 0 Å². The summed E-state index contributed by atoms with van der Waals surface area (Å²) in [5, 5.41) is 0. The molecule has 6 heteroatoms. The molecule has 0 saturated heterocycles. The molecule has 0 aliphatic heterocycles. The SMILES string of the molecule is COc1cc(C(C)C)c(Br)cc1CS(=O)(=O)Cl. The summed E-state index contributed by atoms with van der Waals surface area (Å²) < 4.78 is 28.2. The summed E-state index contributed by atoms with van der Waals surface area (Å²) in [6.45, 7) is 4.11. The Bertz CT molecular complexity index is 512. The number of ether oxygens (including phenoxy) is 1. The van der Waals surface area contributed by atoms with Gasteiger partial charge >= 0.3 is 0 Å². The predicted molar refractivity (Wildman–Crippen MR) is 73.3 cm³/mol. The van der Waals surface area contributed by atoms with Gasteiger partial charge in [0, 0.05) is 20.7 Å². The Morgan fingerprint density at radius 3 is 2.41 bits per heavy atom. The van der Waals surface area contributed by atoms with E-state index in [1.165, 1.54) is 7.11 Å². The van der Waals surface area contributed by atoms with Gasteiger partial charge in [-0.1, -0.05) is 29.8 Å². The van der Waals surface area contributed by atoms with Crippen LogP contribution < -0.4 is 4.74 Å². The summed E-state index contributed by atoms with van der Waals surface area (Å²) >= 11 is 3.43. The zero-order valence-electron chi connectivity index (χ0n) is 9.83. The number of rotatable bonds is 4. The molecule has 96 valence electrons. The van der Waals surface area contributed by atoms with Crippen LogP contribution in [0.2, 0.25) is 0 Å². The molecule has 0 bridgehead atoms. The van der Waals surface area contributed by atoms with Crippen molar-refractivity contribution in [3.63, 3.8) is 0 Å². The maximum Gasteiger partial charge on any atom is 0.236 e. The van der Waals surface area contributed by atoms with Crippen molar-refractivity contribution in [3.8, 4) is 5.75 Å². The van der Waals surface area contributed by atoms with Gasteiger partial charge in [-0.3, -0.25) is 0 Å². The number of benzene rings is 1. The minimum absolute atomic E-state index is 0.241. The monoisotopic (exact) mass is 340 g/mol. The number of halogens is 2. The Kier molecular flexibility index (Phi) is 4.86. The quantitative estimate of drug-likeness (QED) is 0.785. The van der Waals surface area contributed by atoms with Gasteiger partial charge in [-0.25, -0.2) is 8.42 Å². The lowest BCUT2D eigenvalue weighted by Gasteiger charge is -2.14. The van der Waals surface area contributed by atoms with E-state index in [9.17, 15) is 8.42 Å². The van der Waals surface area contributed by atoms with E-state index in [1.807, 2.05) is 6.07 Å². The second kappa shape index (κ2) is 5.59. The second-order valence-corrected chi connectivity index (χ2v) is 7.65. The van der Waals surface area contributed by atoms with E-state index < -0.39 is 9.05 Å². The molecule has 0 amide bonds. The molecule has 17 heavy (non-hydrogen) atoms. The highest BCUT2D eigenvalue weighted by molar-refractivity contribution is 9.10. The fourth-order valence-corrected chi connectivity index (χ4v) is 3.34. The van der Waals surface area contributed by atoms with Crippen LogP contribution in [0.3, 0.4) is 0 Å². The average Bonchev–Trinajstić information content (AvgIpc) is 2.14. The van der Waals surface area contributed by atoms with Crippen molar-refractivity contribution in [2.45, 2.75) is 25.5 Å². The van der Waals surface area contributed by atoms with Crippen LogP contribution in [0.5, 0.6) is 5.75 Å². The zero-order valence-corrected chi connectivity index (χ0v) is 13.0. The van der Waals surface area contributed by atoms with E-state index in [1.54, 1.807) is 6.07 Å². The van der Waals surface area contributed by atoms with Crippen LogP contribution in [0.4, 0.5) is 0 Å². The molecule has 0 saturated carbocycles. The normalized spacial score (nSPS) is 11.9. The Morgan fingerprint density at radius 2 is 2.00 bits per heavy atom. The van der Waals surface area contributed by atoms with Crippen molar-refractivity contribution < 1.29 is 13.2 Å². The fourth-order valence-electron chi connectivity index (χ4n) is 1.54. The lowest BCUT2D eigenvalue weighted by atomic mass is 10.0. The molecule has 0 aromatic heterocycles. The van der Waals surface area contributed by atoms with E-state index in [-0.39, 0.29) is 5.75 Å². The van der Waals surface area contributed by atoms with E-state index in [0.717, 1.165) is 10.0 Å². The van der Waals surface area contributed by atoms with E-state index in [0.29, 0.717) is 17.2 Å². The molecule has 1 aromatic carbocycles. The van der Waals surface area contributed by atoms with Crippen molar-refractivity contribution in [2.75, 3.05) is 7.11 Å². The Morgan fingerprint density at radius 1 is 1.41 bits per heavy atom. The van der Waals surface area contributed by atoms with Crippen molar-refractivity contribution in [1.82, 2.24) is 0 Å². The van der Waals surface area contributed by atoms with Crippen molar-refractivity contribution in [3.05, 3.63) is 27.7 Å². The lowest BCUT2D eigenvalue weighted by Crippen LogP contribution is -2.01. The first kappa shape index (κ1) is 14.8. The molecule has 0 radical (unpaired) electrons. The van der Waals surface area contributed by atoms with Gasteiger partial charge in [0.2, 0.25) is 9.05 Å². The third kappa shape index (κ3) is 4.16. The van der Waals surface area contributed by atoms with E-state index in [2.05, 4.69) is 29.8 Å². The first-order chi connectivity index (χ1) is 7.74. The van der Waals surface area contributed by atoms with Gasteiger partial charge in [0.1, 0.15) is 5.75 Å². The maximum absolute atomic E-state index is 11.1. The third-order valence-electron chi connectivity index (χ3n) is 2.35. The molecule has 0 unspecified atom stereocenters. The zero-order chi connectivity index (χ0) is 13.2. The molecule has 0 atom stereocenters. The van der Waals surface area contributed by atoms with Gasteiger partial charge in [0.25, 0.3) is 0 Å². The first-order valence-corrected chi connectivity index (χ1v) is 8.30. The average molecular weight is 342 g/mol. The lowest BCUT2D eigenvalue weighted by molar-refractivity contribution is 0.410. The highest BCUT2D eigenvalue weighted by atomic mass is 79.9. The highest BCUT2D eigenvalue weighted by Crippen LogP contribution is 2.33. The van der Waals surface area contributed by atoms with Gasteiger partial charge in [0.15, 0.2) is 0 Å². The summed E-state index contributed by atoms with van der Waals surface area (Å²) in [5.41, 5.74) is 1.62. The number of methoxy groups -OCH3 is 1. The first-order valence-electron chi connectivity index (χ1n) is 5.03. The molecule has 1 aromatic rings. The number of hydrogen-bond donors (Lipinski definition) is 0. The predicted octanol–water partition coefficient (Wildman–Crippen LogP) is 3.65. The number of hydrogen-bond acceptors (Lipinski definition) is 3. The summed E-state index contributed by atoms with van der Waals surface area (Å²) in [5.74, 6) is 0.621. The molecule has 0 spiro atoms. The smallest absolute Gasteiger partial charge is 0.236 e. The fraction of sp³-hybridized carbons (Fsp3) is 0.455. The molecule has 0 aliphatic carbocycles. The molecule has 0 N–H and O–H groups in total. The molecule has 1 rings (SSSR count). The topological polar surface area (TPSA) is 43.4 Å². The molecule has 0 fully saturated rings. The van der Waals surface area contributed by atoms with Crippen LogP contribution >= 0.6 is 26.6 Å². The molecule has 0 aliphatic rings. The van der Waals surface area contributed by atoms with E-state index >= 15 is 0 Å².